The van der Waals surface area contributed by atoms with Gasteiger partial charge in [0.05, 0.1) is 0 Å². The van der Waals surface area contributed by atoms with Gasteiger partial charge in [0.15, 0.2) is 0 Å². The second-order valence-electron chi connectivity index (χ2n) is 4.90. The Hall–Kier alpha value is -0.530. The lowest BCUT2D eigenvalue weighted by Gasteiger charge is -2.27. The van der Waals surface area contributed by atoms with Crippen molar-refractivity contribution in [3.63, 3.8) is 0 Å². The first-order chi connectivity index (χ1) is 6.59. The largest absolute Gasteiger partial charge is 0.311 e. The van der Waals surface area contributed by atoms with Crippen LogP contribution in [-0.4, -0.2) is 12.1 Å². The van der Waals surface area contributed by atoms with Crippen molar-refractivity contribution in [3.05, 3.63) is 35.4 Å². The van der Waals surface area contributed by atoms with Crippen LogP contribution in [0, 0.1) is 6.92 Å². The summed E-state index contributed by atoms with van der Waals surface area (Å²) in [6.07, 6.45) is 1.26. The van der Waals surface area contributed by atoms with E-state index in [1.807, 2.05) is 0 Å². The van der Waals surface area contributed by atoms with E-state index in [4.69, 9.17) is 0 Å². The fourth-order valence-corrected chi connectivity index (χ4v) is 2.49. The van der Waals surface area contributed by atoms with E-state index in [1.165, 1.54) is 17.5 Å². The third kappa shape index (κ3) is 2.53. The maximum absolute atomic E-state index is 3.56. The van der Waals surface area contributed by atoms with Gasteiger partial charge < -0.3 is 5.32 Å². The van der Waals surface area contributed by atoms with Gasteiger partial charge in [0.1, 0.15) is 0 Å². The van der Waals surface area contributed by atoms with Crippen LogP contribution < -0.4 is 5.32 Å². The number of halogens is 1. The van der Waals surface area contributed by atoms with Crippen LogP contribution in [0.15, 0.2) is 24.3 Å². The zero-order chi connectivity index (χ0) is 10.2. The molecule has 0 amide bonds. The molecular formula is C13H20ClN. The van der Waals surface area contributed by atoms with Crippen molar-refractivity contribution in [2.45, 2.75) is 38.6 Å². The highest BCUT2D eigenvalue weighted by Crippen LogP contribution is 2.35. The van der Waals surface area contributed by atoms with Gasteiger partial charge in [-0.1, -0.05) is 29.8 Å². The Morgan fingerprint density at radius 1 is 1.33 bits per heavy atom. The Morgan fingerprint density at radius 2 is 2.07 bits per heavy atom. The van der Waals surface area contributed by atoms with Gasteiger partial charge in [0.2, 0.25) is 0 Å². The van der Waals surface area contributed by atoms with Crippen LogP contribution >= 0.6 is 12.4 Å². The highest BCUT2D eigenvalue weighted by molar-refractivity contribution is 5.85. The smallest absolute Gasteiger partial charge is 0.0194 e. The summed E-state index contributed by atoms with van der Waals surface area (Å²) in [5.74, 6) is 0.669. The van der Waals surface area contributed by atoms with Gasteiger partial charge in [0, 0.05) is 11.5 Å². The van der Waals surface area contributed by atoms with Crippen LogP contribution in [0.4, 0.5) is 0 Å². The van der Waals surface area contributed by atoms with Crippen molar-refractivity contribution >= 4 is 12.4 Å². The Kier molecular flexibility index (Phi) is 3.80. The Bertz CT molecular complexity index is 333. The lowest BCUT2D eigenvalue weighted by Crippen LogP contribution is -2.36. The number of rotatable bonds is 1. The van der Waals surface area contributed by atoms with Crippen molar-refractivity contribution in [1.29, 1.82) is 0 Å². The van der Waals surface area contributed by atoms with Gasteiger partial charge in [-0.05, 0) is 39.3 Å². The fourth-order valence-electron chi connectivity index (χ4n) is 2.49. The molecule has 0 aromatic heterocycles. The van der Waals surface area contributed by atoms with Crippen LogP contribution in [0.5, 0.6) is 0 Å². The molecule has 0 spiro atoms. The molecule has 1 aromatic carbocycles. The Labute approximate surface area is 98.7 Å². The molecule has 1 aliphatic heterocycles. The highest BCUT2D eigenvalue weighted by Gasteiger charge is 2.34. The van der Waals surface area contributed by atoms with E-state index in [0.29, 0.717) is 5.92 Å². The van der Waals surface area contributed by atoms with Crippen molar-refractivity contribution in [1.82, 2.24) is 5.32 Å². The van der Waals surface area contributed by atoms with Crippen LogP contribution in [-0.2, 0) is 0 Å². The minimum absolute atomic E-state index is 0. The molecule has 1 saturated heterocycles. The van der Waals surface area contributed by atoms with E-state index in [9.17, 15) is 0 Å². The Balaban J connectivity index is 0.00000112. The zero-order valence-electron chi connectivity index (χ0n) is 9.71. The molecule has 84 valence electrons. The molecule has 1 unspecified atom stereocenters. The number of hydrogen-bond donors (Lipinski definition) is 1. The summed E-state index contributed by atoms with van der Waals surface area (Å²) in [5.41, 5.74) is 3.11. The molecule has 1 nitrogen and oxygen atoms in total. The molecular weight excluding hydrogens is 206 g/mol. The first-order valence-electron chi connectivity index (χ1n) is 5.41. The topological polar surface area (TPSA) is 12.0 Å². The third-order valence-corrected chi connectivity index (χ3v) is 3.33. The molecule has 0 radical (unpaired) electrons. The molecule has 1 heterocycles. The third-order valence-electron chi connectivity index (χ3n) is 3.33. The van der Waals surface area contributed by atoms with E-state index >= 15 is 0 Å². The van der Waals surface area contributed by atoms with Gasteiger partial charge in [-0.2, -0.15) is 0 Å². The highest BCUT2D eigenvalue weighted by atomic mass is 35.5. The maximum Gasteiger partial charge on any atom is 0.0194 e. The van der Waals surface area contributed by atoms with E-state index in [-0.39, 0.29) is 17.9 Å². The summed E-state index contributed by atoms with van der Waals surface area (Å²) in [7, 11) is 0. The van der Waals surface area contributed by atoms with Crippen LogP contribution in [0.2, 0.25) is 0 Å². The molecule has 0 aliphatic carbocycles. The average molecular weight is 226 g/mol. The molecule has 1 aromatic rings. The molecule has 1 aliphatic rings. The number of nitrogens with one attached hydrogen (secondary N) is 1. The standard InChI is InChI=1S/C13H19N.ClH/c1-10-5-4-6-11(9-10)12-7-8-14-13(12,2)3;/h4-6,9,12,14H,7-8H2,1-3H3;1H. The van der Waals surface area contributed by atoms with E-state index in [1.54, 1.807) is 0 Å². The van der Waals surface area contributed by atoms with Gasteiger partial charge in [-0.3, -0.25) is 0 Å². The van der Waals surface area contributed by atoms with Crippen LogP contribution in [0.3, 0.4) is 0 Å². The van der Waals surface area contributed by atoms with Crippen LogP contribution in [0.25, 0.3) is 0 Å². The monoisotopic (exact) mass is 225 g/mol. The molecule has 2 heteroatoms. The lowest BCUT2D eigenvalue weighted by molar-refractivity contribution is 0.411. The molecule has 2 rings (SSSR count). The van der Waals surface area contributed by atoms with E-state index in [0.717, 1.165) is 6.54 Å². The average Bonchev–Trinajstić information content (AvgIpc) is 2.45. The predicted octanol–water partition coefficient (Wildman–Crippen LogP) is 3.27. The van der Waals surface area contributed by atoms with Crippen LogP contribution in [0.1, 0.15) is 37.3 Å². The van der Waals surface area contributed by atoms with Gasteiger partial charge in [-0.15, -0.1) is 12.4 Å². The lowest BCUT2D eigenvalue weighted by atomic mass is 9.83. The number of aryl methyl sites for hydroxylation is 1. The molecule has 15 heavy (non-hydrogen) atoms. The van der Waals surface area contributed by atoms with Crippen molar-refractivity contribution in [3.8, 4) is 0 Å². The first kappa shape index (κ1) is 12.5. The minimum atomic E-state index is 0. The van der Waals surface area contributed by atoms with Gasteiger partial charge in [0.25, 0.3) is 0 Å². The van der Waals surface area contributed by atoms with Gasteiger partial charge >= 0.3 is 0 Å². The Morgan fingerprint density at radius 3 is 2.60 bits per heavy atom. The fraction of sp³-hybridized carbons (Fsp3) is 0.538. The first-order valence-corrected chi connectivity index (χ1v) is 5.41. The summed E-state index contributed by atoms with van der Waals surface area (Å²) in [6, 6.07) is 8.91. The van der Waals surface area contributed by atoms with Crippen molar-refractivity contribution < 1.29 is 0 Å². The normalized spacial score (nSPS) is 23.5. The molecule has 1 N–H and O–H groups in total. The van der Waals surface area contributed by atoms with Crippen molar-refractivity contribution in [2.24, 2.45) is 0 Å². The summed E-state index contributed by atoms with van der Waals surface area (Å²) in [5, 5.41) is 3.56. The second kappa shape index (κ2) is 4.54. The SMILES string of the molecule is Cc1cccc(C2CCNC2(C)C)c1.Cl. The maximum atomic E-state index is 3.56. The van der Waals surface area contributed by atoms with Crippen molar-refractivity contribution in [2.75, 3.05) is 6.54 Å². The predicted molar refractivity (Wildman–Crippen MR) is 67.9 cm³/mol. The zero-order valence-corrected chi connectivity index (χ0v) is 10.5. The summed E-state index contributed by atoms with van der Waals surface area (Å²) in [4.78, 5) is 0. The van der Waals surface area contributed by atoms with Gasteiger partial charge in [-0.25, -0.2) is 0 Å². The molecule has 1 fully saturated rings. The summed E-state index contributed by atoms with van der Waals surface area (Å²) < 4.78 is 0. The van der Waals surface area contributed by atoms with E-state index < -0.39 is 0 Å². The number of benzene rings is 1. The molecule has 1 atom stereocenters. The quantitative estimate of drug-likeness (QED) is 0.774. The molecule has 0 bridgehead atoms. The summed E-state index contributed by atoms with van der Waals surface area (Å²) >= 11 is 0. The van der Waals surface area contributed by atoms with E-state index in [2.05, 4.69) is 50.4 Å². The molecule has 0 saturated carbocycles. The minimum Gasteiger partial charge on any atom is -0.311 e. The number of hydrogen-bond acceptors (Lipinski definition) is 1. The summed E-state index contributed by atoms with van der Waals surface area (Å²) in [6.45, 7) is 7.91. The second-order valence-corrected chi connectivity index (χ2v) is 4.90.